The summed E-state index contributed by atoms with van der Waals surface area (Å²) in [5.41, 5.74) is 0.483. The van der Waals surface area contributed by atoms with Crippen LogP contribution in [-0.2, 0) is 0 Å². The summed E-state index contributed by atoms with van der Waals surface area (Å²) in [4.78, 5) is 14.0. The first-order valence-corrected chi connectivity index (χ1v) is 6.08. The van der Waals surface area contributed by atoms with E-state index in [0.717, 1.165) is 25.9 Å². The number of rotatable bonds is 1. The molecule has 1 aromatic heterocycles. The Morgan fingerprint density at radius 2 is 2.31 bits per heavy atom. The first-order chi connectivity index (χ1) is 7.68. The number of halogens is 1. The van der Waals surface area contributed by atoms with Crippen LogP contribution in [0, 0.1) is 5.92 Å². The number of carbonyl (C=O) groups is 1. The number of carbonyl (C=O) groups excluding carboxylic acids is 1. The molecule has 4 heteroatoms. The highest BCUT2D eigenvalue weighted by Crippen LogP contribution is 2.22. The predicted molar refractivity (Wildman–Crippen MR) is 62.6 cm³/mol. The van der Waals surface area contributed by atoms with Gasteiger partial charge in [-0.1, -0.05) is 6.92 Å². The second-order valence-electron chi connectivity index (χ2n) is 4.44. The van der Waals surface area contributed by atoms with Crippen molar-refractivity contribution in [2.24, 2.45) is 5.92 Å². The fourth-order valence-electron chi connectivity index (χ4n) is 2.08. The summed E-state index contributed by atoms with van der Waals surface area (Å²) in [5, 5.41) is 0.197. The normalized spacial score (nSPS) is 21.9. The molecular weight excluding hydrogens is 226 g/mol. The Kier molecular flexibility index (Phi) is 3.54. The number of likely N-dealkylation sites (tertiary alicyclic amines) is 1. The lowest BCUT2D eigenvalue weighted by molar-refractivity contribution is 0.0760. The zero-order valence-electron chi connectivity index (χ0n) is 9.41. The highest BCUT2D eigenvalue weighted by Gasteiger charge is 2.22. The van der Waals surface area contributed by atoms with Gasteiger partial charge in [0.2, 0.25) is 5.22 Å². The Bertz CT molecular complexity index is 375. The summed E-state index contributed by atoms with van der Waals surface area (Å²) in [6.45, 7) is 3.88. The summed E-state index contributed by atoms with van der Waals surface area (Å²) in [6, 6.07) is 1.64. The van der Waals surface area contributed by atoms with E-state index in [9.17, 15) is 4.79 Å². The second kappa shape index (κ2) is 4.91. The van der Waals surface area contributed by atoms with Crippen LogP contribution in [0.2, 0.25) is 5.22 Å². The van der Waals surface area contributed by atoms with Crippen molar-refractivity contribution in [1.29, 1.82) is 0 Å². The molecule has 0 saturated carbocycles. The van der Waals surface area contributed by atoms with Gasteiger partial charge in [-0.3, -0.25) is 4.79 Å². The molecule has 88 valence electrons. The van der Waals surface area contributed by atoms with Crippen LogP contribution < -0.4 is 0 Å². The minimum atomic E-state index is -0.00662. The molecule has 16 heavy (non-hydrogen) atoms. The summed E-state index contributed by atoms with van der Waals surface area (Å²) in [7, 11) is 0. The first kappa shape index (κ1) is 11.5. The lowest BCUT2D eigenvalue weighted by atomic mass is 10.0. The van der Waals surface area contributed by atoms with E-state index in [-0.39, 0.29) is 11.1 Å². The van der Waals surface area contributed by atoms with Crippen LogP contribution in [0.3, 0.4) is 0 Å². The van der Waals surface area contributed by atoms with Gasteiger partial charge < -0.3 is 9.32 Å². The fourth-order valence-corrected chi connectivity index (χ4v) is 2.28. The molecule has 2 rings (SSSR count). The molecule has 2 heterocycles. The van der Waals surface area contributed by atoms with E-state index in [0.29, 0.717) is 11.5 Å². The van der Waals surface area contributed by atoms with Crippen LogP contribution >= 0.6 is 11.6 Å². The Hall–Kier alpha value is -0.960. The maximum absolute atomic E-state index is 12.1. The minimum absolute atomic E-state index is 0.00662. The summed E-state index contributed by atoms with van der Waals surface area (Å²) < 4.78 is 4.95. The van der Waals surface area contributed by atoms with Crippen molar-refractivity contribution >= 4 is 17.5 Å². The Morgan fingerprint density at radius 1 is 1.50 bits per heavy atom. The van der Waals surface area contributed by atoms with Crippen LogP contribution in [0.4, 0.5) is 0 Å². The number of nitrogens with zero attached hydrogens (tertiary/aromatic N) is 1. The van der Waals surface area contributed by atoms with Gasteiger partial charge in [-0.2, -0.15) is 0 Å². The van der Waals surface area contributed by atoms with Crippen LogP contribution in [0.15, 0.2) is 16.7 Å². The topological polar surface area (TPSA) is 33.5 Å². The van der Waals surface area contributed by atoms with E-state index >= 15 is 0 Å². The third kappa shape index (κ3) is 2.40. The SMILES string of the molecule is CC1CCCN(C(=O)c2ccoc2Cl)CC1. The quantitative estimate of drug-likeness (QED) is 0.757. The van der Waals surface area contributed by atoms with Gasteiger partial charge in [0.15, 0.2) is 0 Å². The van der Waals surface area contributed by atoms with Crippen LogP contribution in [0.1, 0.15) is 36.5 Å². The van der Waals surface area contributed by atoms with Crippen molar-refractivity contribution < 1.29 is 9.21 Å². The monoisotopic (exact) mass is 241 g/mol. The van der Waals surface area contributed by atoms with Gasteiger partial charge in [0.25, 0.3) is 5.91 Å². The molecule has 1 atom stereocenters. The van der Waals surface area contributed by atoms with E-state index in [2.05, 4.69) is 6.92 Å². The van der Waals surface area contributed by atoms with E-state index in [1.165, 1.54) is 12.7 Å². The van der Waals surface area contributed by atoms with Crippen molar-refractivity contribution in [3.05, 3.63) is 23.1 Å². The lowest BCUT2D eigenvalue weighted by Gasteiger charge is -2.19. The highest BCUT2D eigenvalue weighted by atomic mass is 35.5. The maximum Gasteiger partial charge on any atom is 0.258 e. The largest absolute Gasteiger partial charge is 0.452 e. The molecule has 1 unspecified atom stereocenters. The smallest absolute Gasteiger partial charge is 0.258 e. The molecule has 1 aliphatic heterocycles. The van der Waals surface area contributed by atoms with Crippen LogP contribution in [-0.4, -0.2) is 23.9 Å². The summed E-state index contributed by atoms with van der Waals surface area (Å²) in [5.74, 6) is 0.700. The molecule has 1 saturated heterocycles. The highest BCUT2D eigenvalue weighted by molar-refractivity contribution is 6.32. The van der Waals surface area contributed by atoms with Gasteiger partial charge >= 0.3 is 0 Å². The summed E-state index contributed by atoms with van der Waals surface area (Å²) in [6.07, 6.45) is 4.79. The number of hydrogen-bond acceptors (Lipinski definition) is 2. The molecule has 1 aliphatic rings. The van der Waals surface area contributed by atoms with Crippen molar-refractivity contribution in [3.8, 4) is 0 Å². The average Bonchev–Trinajstić information content (AvgIpc) is 2.56. The van der Waals surface area contributed by atoms with Crippen molar-refractivity contribution in [2.75, 3.05) is 13.1 Å². The minimum Gasteiger partial charge on any atom is -0.452 e. The van der Waals surface area contributed by atoms with Gasteiger partial charge in [0.1, 0.15) is 0 Å². The molecule has 1 aromatic rings. The van der Waals surface area contributed by atoms with E-state index < -0.39 is 0 Å². The number of furan rings is 1. The lowest BCUT2D eigenvalue weighted by Crippen LogP contribution is -2.31. The molecule has 0 spiro atoms. The van der Waals surface area contributed by atoms with E-state index in [1.807, 2.05) is 4.90 Å². The predicted octanol–water partition coefficient (Wildman–Crippen LogP) is 3.20. The van der Waals surface area contributed by atoms with Crippen LogP contribution in [0.25, 0.3) is 0 Å². The molecular formula is C12H16ClNO2. The maximum atomic E-state index is 12.1. The van der Waals surface area contributed by atoms with Gasteiger partial charge in [-0.25, -0.2) is 0 Å². The molecule has 1 amide bonds. The summed E-state index contributed by atoms with van der Waals surface area (Å²) >= 11 is 5.81. The number of amides is 1. The second-order valence-corrected chi connectivity index (χ2v) is 4.78. The van der Waals surface area contributed by atoms with Gasteiger partial charge in [0.05, 0.1) is 11.8 Å². The van der Waals surface area contributed by atoms with Gasteiger partial charge in [-0.15, -0.1) is 0 Å². The molecule has 0 radical (unpaired) electrons. The first-order valence-electron chi connectivity index (χ1n) is 5.70. The van der Waals surface area contributed by atoms with E-state index in [1.54, 1.807) is 6.07 Å². The Balaban J connectivity index is 2.07. The van der Waals surface area contributed by atoms with E-state index in [4.69, 9.17) is 16.0 Å². The van der Waals surface area contributed by atoms with Crippen LogP contribution in [0.5, 0.6) is 0 Å². The molecule has 0 aromatic carbocycles. The molecule has 3 nitrogen and oxygen atoms in total. The zero-order chi connectivity index (χ0) is 11.5. The molecule has 0 bridgehead atoms. The number of hydrogen-bond donors (Lipinski definition) is 0. The third-order valence-electron chi connectivity index (χ3n) is 3.15. The van der Waals surface area contributed by atoms with Gasteiger partial charge in [0, 0.05) is 13.1 Å². The molecule has 1 fully saturated rings. The van der Waals surface area contributed by atoms with Crippen molar-refractivity contribution in [1.82, 2.24) is 4.90 Å². The Labute approximate surface area is 100 Å². The van der Waals surface area contributed by atoms with Gasteiger partial charge in [-0.05, 0) is 42.8 Å². The average molecular weight is 242 g/mol. The van der Waals surface area contributed by atoms with Crippen molar-refractivity contribution in [2.45, 2.75) is 26.2 Å². The molecule has 0 N–H and O–H groups in total. The molecule has 0 aliphatic carbocycles. The standard InChI is InChI=1S/C12H16ClNO2/c1-9-3-2-6-14(7-4-9)12(15)10-5-8-16-11(10)13/h5,8-9H,2-4,6-7H2,1H3. The fraction of sp³-hybridized carbons (Fsp3) is 0.583. The van der Waals surface area contributed by atoms with Crippen molar-refractivity contribution in [3.63, 3.8) is 0 Å². The zero-order valence-corrected chi connectivity index (χ0v) is 10.2. The Morgan fingerprint density at radius 3 is 3.00 bits per heavy atom. The third-order valence-corrected chi connectivity index (χ3v) is 3.45.